The third-order valence-corrected chi connectivity index (χ3v) is 5.08. The smallest absolute Gasteiger partial charge is 0.245 e. The molecule has 0 bridgehead atoms. The summed E-state index contributed by atoms with van der Waals surface area (Å²) in [5, 5.41) is 2.90. The molecule has 138 valence electrons. The number of hydrogen-bond acceptors (Lipinski definition) is 5. The first-order valence-electron chi connectivity index (χ1n) is 7.76. The predicted octanol–water partition coefficient (Wildman–Crippen LogP) is 2.52. The second-order valence-corrected chi connectivity index (χ2v) is 7.94. The molecule has 2 aromatic rings. The van der Waals surface area contributed by atoms with Gasteiger partial charge < -0.3 is 14.8 Å². The van der Waals surface area contributed by atoms with Crippen molar-refractivity contribution in [1.29, 1.82) is 0 Å². The first-order valence-corrected chi connectivity index (χ1v) is 9.99. The molecule has 3 rings (SSSR count). The lowest BCUT2D eigenvalue weighted by Gasteiger charge is -2.23. The van der Waals surface area contributed by atoms with Crippen LogP contribution in [0, 0.1) is 0 Å². The van der Waals surface area contributed by atoms with E-state index in [0.29, 0.717) is 30.4 Å². The van der Waals surface area contributed by atoms with Crippen molar-refractivity contribution >= 4 is 38.9 Å². The summed E-state index contributed by atoms with van der Waals surface area (Å²) in [7, 11) is -3.70. The molecule has 0 radical (unpaired) electrons. The monoisotopic (exact) mass is 396 g/mol. The number of para-hydroxylation sites is 1. The van der Waals surface area contributed by atoms with E-state index in [2.05, 4.69) is 5.32 Å². The van der Waals surface area contributed by atoms with E-state index in [1.807, 2.05) is 0 Å². The predicted molar refractivity (Wildman–Crippen MR) is 99.7 cm³/mol. The van der Waals surface area contributed by atoms with E-state index in [-0.39, 0.29) is 10.7 Å². The summed E-state index contributed by atoms with van der Waals surface area (Å²) in [6.07, 6.45) is 1.02. The van der Waals surface area contributed by atoms with Crippen LogP contribution in [0.5, 0.6) is 11.5 Å². The number of carbonyl (C=O) groups excluding carboxylic acids is 1. The third-order valence-electron chi connectivity index (χ3n) is 3.63. The lowest BCUT2D eigenvalue weighted by Crippen LogP contribution is -2.37. The van der Waals surface area contributed by atoms with Gasteiger partial charge in [-0.15, -0.1) is 0 Å². The molecule has 9 heteroatoms. The van der Waals surface area contributed by atoms with Gasteiger partial charge in [0.05, 0.1) is 17.0 Å². The fourth-order valence-corrected chi connectivity index (χ4v) is 3.64. The Bertz CT molecular complexity index is 933. The normalized spacial score (nSPS) is 13.2. The third kappa shape index (κ3) is 4.20. The molecule has 0 fully saturated rings. The molecule has 0 spiro atoms. The highest BCUT2D eigenvalue weighted by Gasteiger charge is 2.23. The number of hydrogen-bond donors (Lipinski definition) is 1. The molecule has 2 aromatic carbocycles. The molecule has 0 saturated carbocycles. The Morgan fingerprint density at radius 3 is 2.54 bits per heavy atom. The van der Waals surface area contributed by atoms with Crippen molar-refractivity contribution in [2.45, 2.75) is 0 Å². The molecule has 1 amide bonds. The van der Waals surface area contributed by atoms with E-state index in [1.54, 1.807) is 42.5 Å². The van der Waals surface area contributed by atoms with Crippen LogP contribution in [0.2, 0.25) is 5.02 Å². The average Bonchev–Trinajstić information content (AvgIpc) is 2.59. The zero-order chi connectivity index (χ0) is 18.7. The zero-order valence-corrected chi connectivity index (χ0v) is 15.5. The summed E-state index contributed by atoms with van der Waals surface area (Å²) in [5.41, 5.74) is 0.723. The molecule has 1 aliphatic heterocycles. The van der Waals surface area contributed by atoms with Crippen LogP contribution in [-0.2, 0) is 14.8 Å². The van der Waals surface area contributed by atoms with E-state index in [9.17, 15) is 13.2 Å². The number of benzene rings is 2. The second-order valence-electron chi connectivity index (χ2n) is 5.63. The highest BCUT2D eigenvalue weighted by molar-refractivity contribution is 7.92. The Labute approximate surface area is 156 Å². The van der Waals surface area contributed by atoms with Crippen LogP contribution in [0.4, 0.5) is 11.4 Å². The van der Waals surface area contributed by atoms with Crippen LogP contribution < -0.4 is 19.1 Å². The van der Waals surface area contributed by atoms with Crippen molar-refractivity contribution in [3.63, 3.8) is 0 Å². The number of halogens is 1. The van der Waals surface area contributed by atoms with Crippen LogP contribution in [0.1, 0.15) is 0 Å². The quantitative estimate of drug-likeness (QED) is 0.839. The minimum Gasteiger partial charge on any atom is -0.486 e. The molecule has 1 N–H and O–H groups in total. The van der Waals surface area contributed by atoms with Crippen LogP contribution >= 0.6 is 11.6 Å². The summed E-state index contributed by atoms with van der Waals surface area (Å²) in [4.78, 5) is 12.4. The van der Waals surface area contributed by atoms with Crippen molar-refractivity contribution in [3.05, 3.63) is 47.5 Å². The number of amides is 1. The molecular weight excluding hydrogens is 380 g/mol. The number of rotatable bonds is 5. The number of sulfonamides is 1. The van der Waals surface area contributed by atoms with Crippen LogP contribution in [0.15, 0.2) is 42.5 Å². The molecule has 0 saturated heterocycles. The number of carbonyl (C=O) groups is 1. The Morgan fingerprint density at radius 1 is 1.15 bits per heavy atom. The molecule has 0 atom stereocenters. The number of nitrogens with one attached hydrogen (secondary N) is 1. The molecule has 1 aliphatic rings. The van der Waals surface area contributed by atoms with Gasteiger partial charge in [-0.05, 0) is 24.3 Å². The van der Waals surface area contributed by atoms with Gasteiger partial charge in [-0.2, -0.15) is 0 Å². The van der Waals surface area contributed by atoms with Crippen molar-refractivity contribution < 1.29 is 22.7 Å². The van der Waals surface area contributed by atoms with Gasteiger partial charge in [0.1, 0.15) is 19.8 Å². The number of nitrogens with zero attached hydrogens (tertiary/aromatic N) is 1. The maximum Gasteiger partial charge on any atom is 0.245 e. The summed E-state index contributed by atoms with van der Waals surface area (Å²) < 4.78 is 36.1. The molecular formula is C17H17ClN2O5S. The second kappa shape index (κ2) is 7.43. The number of fused-ring (bicyclic) bond motifs is 1. The van der Waals surface area contributed by atoms with Gasteiger partial charge in [0.15, 0.2) is 11.5 Å². The first-order chi connectivity index (χ1) is 12.3. The highest BCUT2D eigenvalue weighted by atomic mass is 35.5. The molecule has 0 unspecified atom stereocenters. The van der Waals surface area contributed by atoms with Crippen molar-refractivity contribution in [3.8, 4) is 11.5 Å². The maximum atomic E-state index is 12.4. The summed E-state index contributed by atoms with van der Waals surface area (Å²) in [6.45, 7) is 0.496. The van der Waals surface area contributed by atoms with Gasteiger partial charge in [0.2, 0.25) is 15.9 Å². The van der Waals surface area contributed by atoms with Crippen LogP contribution in [-0.4, -0.2) is 40.3 Å². The van der Waals surface area contributed by atoms with Gasteiger partial charge in [-0.1, -0.05) is 23.7 Å². The average molecular weight is 397 g/mol. The summed E-state index contributed by atoms with van der Waals surface area (Å²) in [5.74, 6) is 0.621. The summed E-state index contributed by atoms with van der Waals surface area (Å²) >= 11 is 6.08. The number of ether oxygens (including phenoxy) is 2. The van der Waals surface area contributed by atoms with E-state index in [1.165, 1.54) is 0 Å². The Balaban J connectivity index is 1.78. The minimum absolute atomic E-state index is 0.241. The molecule has 26 heavy (non-hydrogen) atoms. The Kier molecular flexibility index (Phi) is 5.24. The van der Waals surface area contributed by atoms with Crippen molar-refractivity contribution in [1.82, 2.24) is 0 Å². The van der Waals surface area contributed by atoms with Crippen molar-refractivity contribution in [2.24, 2.45) is 0 Å². The van der Waals surface area contributed by atoms with Gasteiger partial charge in [-0.25, -0.2) is 8.42 Å². The SMILES string of the molecule is CS(=O)(=O)N(CC(=O)Nc1ccc2c(c1)OCCO2)c1ccccc1Cl. The molecule has 0 aliphatic carbocycles. The molecule has 7 nitrogen and oxygen atoms in total. The lowest BCUT2D eigenvalue weighted by atomic mass is 10.2. The standard InChI is InChI=1S/C17H17ClN2O5S/c1-26(22,23)20(14-5-3-2-4-13(14)18)11-17(21)19-12-6-7-15-16(10-12)25-9-8-24-15/h2-7,10H,8-9,11H2,1H3,(H,19,21). The van der Waals surface area contributed by atoms with E-state index < -0.39 is 22.5 Å². The molecule has 1 heterocycles. The Morgan fingerprint density at radius 2 is 1.85 bits per heavy atom. The number of anilines is 2. The van der Waals surface area contributed by atoms with E-state index >= 15 is 0 Å². The first kappa shape index (κ1) is 18.3. The lowest BCUT2D eigenvalue weighted by molar-refractivity contribution is -0.114. The summed E-state index contributed by atoms with van der Waals surface area (Å²) in [6, 6.07) is 11.4. The van der Waals surface area contributed by atoms with E-state index in [0.717, 1.165) is 10.6 Å². The molecule has 0 aromatic heterocycles. The van der Waals surface area contributed by atoms with Gasteiger partial charge >= 0.3 is 0 Å². The van der Waals surface area contributed by atoms with Gasteiger partial charge in [-0.3, -0.25) is 9.10 Å². The maximum absolute atomic E-state index is 12.4. The zero-order valence-electron chi connectivity index (χ0n) is 13.9. The van der Waals surface area contributed by atoms with Gasteiger partial charge in [0, 0.05) is 11.8 Å². The van der Waals surface area contributed by atoms with Gasteiger partial charge in [0.25, 0.3) is 0 Å². The largest absolute Gasteiger partial charge is 0.486 e. The highest BCUT2D eigenvalue weighted by Crippen LogP contribution is 2.32. The fourth-order valence-electron chi connectivity index (χ4n) is 2.49. The van der Waals surface area contributed by atoms with Crippen molar-refractivity contribution in [2.75, 3.05) is 35.6 Å². The Hall–Kier alpha value is -2.45. The topological polar surface area (TPSA) is 84.9 Å². The fraction of sp³-hybridized carbons (Fsp3) is 0.235. The van der Waals surface area contributed by atoms with E-state index in [4.69, 9.17) is 21.1 Å². The minimum atomic E-state index is -3.70. The van der Waals surface area contributed by atoms with Crippen LogP contribution in [0.25, 0.3) is 0 Å². The van der Waals surface area contributed by atoms with Crippen LogP contribution in [0.3, 0.4) is 0 Å².